The Balaban J connectivity index is 2.63. The second kappa shape index (κ2) is 5.26. The van der Waals surface area contributed by atoms with E-state index in [0.29, 0.717) is 0 Å². The molecule has 3 aromatic rings. The normalized spacial score (nSPS) is 12.0. The average Bonchev–Trinajstić information content (AvgIpc) is 2.51. The Labute approximate surface area is 127 Å². The maximum absolute atomic E-state index is 3.96. The number of fused-ring (bicyclic) bond motifs is 2. The molecule has 20 heavy (non-hydrogen) atoms. The molecule has 0 aromatic heterocycles. The molecule has 0 bridgehead atoms. The fourth-order valence-electron chi connectivity index (χ4n) is 2.75. The van der Waals surface area contributed by atoms with Gasteiger partial charge in [-0.2, -0.15) is 0 Å². The molecule has 0 radical (unpaired) electrons. The largest absolute Gasteiger partial charge is 0.0985 e. The van der Waals surface area contributed by atoms with Crippen LogP contribution in [-0.2, 0) is 0 Å². The van der Waals surface area contributed by atoms with Gasteiger partial charge in [0, 0.05) is 4.47 Å². The topological polar surface area (TPSA) is 0 Å². The van der Waals surface area contributed by atoms with Gasteiger partial charge in [-0.1, -0.05) is 67.3 Å². The number of allylic oxidation sites excluding steroid dienone is 3. The van der Waals surface area contributed by atoms with Crippen LogP contribution in [0, 0.1) is 0 Å². The molecule has 0 fully saturated rings. The summed E-state index contributed by atoms with van der Waals surface area (Å²) in [5.74, 6) is 0. The maximum Gasteiger partial charge on any atom is 0.0332 e. The number of hydrogen-bond donors (Lipinski definition) is 0. The lowest BCUT2D eigenvalue weighted by atomic mass is 9.92. The SMILES string of the molecule is C=C/C(=C\C)c1c2ccccc2c(Br)c2ccccc12. The van der Waals surface area contributed by atoms with Crippen LogP contribution in [0.5, 0.6) is 0 Å². The van der Waals surface area contributed by atoms with Crippen LogP contribution in [0.4, 0.5) is 0 Å². The van der Waals surface area contributed by atoms with Gasteiger partial charge in [0.15, 0.2) is 0 Å². The van der Waals surface area contributed by atoms with Gasteiger partial charge in [0.1, 0.15) is 0 Å². The van der Waals surface area contributed by atoms with E-state index in [1.807, 2.05) is 6.08 Å². The van der Waals surface area contributed by atoms with Crippen LogP contribution in [0.15, 0.2) is 71.7 Å². The zero-order chi connectivity index (χ0) is 14.1. The highest BCUT2D eigenvalue weighted by Gasteiger charge is 2.12. The predicted octanol–water partition coefficient (Wildman–Crippen LogP) is 6.34. The Morgan fingerprint density at radius 1 is 0.900 bits per heavy atom. The molecule has 0 amide bonds. The molecule has 0 unspecified atom stereocenters. The Hall–Kier alpha value is -1.86. The summed E-state index contributed by atoms with van der Waals surface area (Å²) >= 11 is 3.76. The molecule has 98 valence electrons. The van der Waals surface area contributed by atoms with Crippen molar-refractivity contribution in [2.75, 3.05) is 0 Å². The summed E-state index contributed by atoms with van der Waals surface area (Å²) < 4.78 is 1.16. The van der Waals surface area contributed by atoms with Crippen molar-refractivity contribution in [3.05, 3.63) is 77.3 Å². The van der Waals surface area contributed by atoms with E-state index in [2.05, 4.69) is 84.0 Å². The van der Waals surface area contributed by atoms with Crippen LogP contribution in [0.25, 0.3) is 27.1 Å². The molecule has 3 aromatic carbocycles. The van der Waals surface area contributed by atoms with Crippen LogP contribution in [0.1, 0.15) is 12.5 Å². The first-order chi connectivity index (χ1) is 9.77. The summed E-state index contributed by atoms with van der Waals surface area (Å²) in [7, 11) is 0. The molecule has 0 heterocycles. The molecule has 0 nitrogen and oxygen atoms in total. The standard InChI is InChI=1S/C19H15Br/c1-3-13(4-2)18-14-9-5-7-11-16(14)19(20)17-12-8-6-10-15(17)18/h3-12H,1H2,2H3/b13-4+. The van der Waals surface area contributed by atoms with Gasteiger partial charge in [-0.3, -0.25) is 0 Å². The highest BCUT2D eigenvalue weighted by molar-refractivity contribution is 9.10. The minimum atomic E-state index is 1.16. The van der Waals surface area contributed by atoms with Gasteiger partial charge in [0.25, 0.3) is 0 Å². The van der Waals surface area contributed by atoms with Crippen LogP contribution in [0.3, 0.4) is 0 Å². The van der Waals surface area contributed by atoms with Gasteiger partial charge in [0.2, 0.25) is 0 Å². The van der Waals surface area contributed by atoms with Gasteiger partial charge in [-0.15, -0.1) is 0 Å². The third kappa shape index (κ3) is 1.90. The van der Waals surface area contributed by atoms with E-state index >= 15 is 0 Å². The second-order valence-corrected chi connectivity index (χ2v) is 5.52. The van der Waals surface area contributed by atoms with Crippen molar-refractivity contribution in [2.45, 2.75) is 6.92 Å². The Kier molecular flexibility index (Phi) is 3.45. The molecule has 3 rings (SSSR count). The first-order valence-electron chi connectivity index (χ1n) is 6.66. The molecule has 0 aliphatic carbocycles. The second-order valence-electron chi connectivity index (χ2n) is 4.73. The van der Waals surface area contributed by atoms with Gasteiger partial charge in [-0.05, 0) is 55.5 Å². The quantitative estimate of drug-likeness (QED) is 0.381. The van der Waals surface area contributed by atoms with Crippen LogP contribution in [0.2, 0.25) is 0 Å². The van der Waals surface area contributed by atoms with Crippen LogP contribution >= 0.6 is 15.9 Å². The zero-order valence-electron chi connectivity index (χ0n) is 11.4. The van der Waals surface area contributed by atoms with Crippen molar-refractivity contribution in [3.8, 4) is 0 Å². The van der Waals surface area contributed by atoms with E-state index in [1.54, 1.807) is 0 Å². The van der Waals surface area contributed by atoms with E-state index in [4.69, 9.17) is 0 Å². The Morgan fingerprint density at radius 2 is 1.35 bits per heavy atom. The third-order valence-corrected chi connectivity index (χ3v) is 4.54. The molecular formula is C19H15Br. The summed E-state index contributed by atoms with van der Waals surface area (Å²) in [6.07, 6.45) is 4.05. The van der Waals surface area contributed by atoms with Gasteiger partial charge in [0.05, 0.1) is 0 Å². The molecule has 0 saturated heterocycles. The average molecular weight is 323 g/mol. The molecular weight excluding hydrogens is 308 g/mol. The van der Waals surface area contributed by atoms with E-state index in [9.17, 15) is 0 Å². The number of rotatable bonds is 2. The minimum absolute atomic E-state index is 1.16. The van der Waals surface area contributed by atoms with Crippen molar-refractivity contribution in [1.82, 2.24) is 0 Å². The highest BCUT2D eigenvalue weighted by Crippen LogP contribution is 2.39. The van der Waals surface area contributed by atoms with E-state index in [-0.39, 0.29) is 0 Å². The summed E-state index contributed by atoms with van der Waals surface area (Å²) in [4.78, 5) is 0. The lowest BCUT2D eigenvalue weighted by Gasteiger charge is -2.14. The molecule has 0 N–H and O–H groups in total. The summed E-state index contributed by atoms with van der Waals surface area (Å²) in [6.45, 7) is 6.02. The molecule has 0 aliphatic rings. The van der Waals surface area contributed by atoms with Crippen LogP contribution < -0.4 is 0 Å². The highest BCUT2D eigenvalue weighted by atomic mass is 79.9. The molecule has 0 spiro atoms. The summed E-state index contributed by atoms with van der Waals surface area (Å²) in [5.41, 5.74) is 2.43. The summed E-state index contributed by atoms with van der Waals surface area (Å²) in [6, 6.07) is 17.0. The fourth-order valence-corrected chi connectivity index (χ4v) is 3.44. The summed E-state index contributed by atoms with van der Waals surface area (Å²) in [5, 5.41) is 4.99. The fraction of sp³-hybridized carbons (Fsp3) is 0.0526. The lowest BCUT2D eigenvalue weighted by Crippen LogP contribution is -1.89. The van der Waals surface area contributed by atoms with Gasteiger partial charge in [-0.25, -0.2) is 0 Å². The number of benzene rings is 3. The number of hydrogen-bond acceptors (Lipinski definition) is 0. The smallest absolute Gasteiger partial charge is 0.0332 e. The first kappa shape index (κ1) is 13.1. The first-order valence-corrected chi connectivity index (χ1v) is 7.45. The molecule has 0 saturated carbocycles. The third-order valence-electron chi connectivity index (χ3n) is 3.69. The van der Waals surface area contributed by atoms with Crippen molar-refractivity contribution < 1.29 is 0 Å². The lowest BCUT2D eigenvalue weighted by molar-refractivity contribution is 1.67. The Morgan fingerprint density at radius 3 is 1.75 bits per heavy atom. The maximum atomic E-state index is 3.96. The van der Waals surface area contributed by atoms with E-state index in [0.717, 1.165) is 4.47 Å². The van der Waals surface area contributed by atoms with Gasteiger partial charge < -0.3 is 0 Å². The zero-order valence-corrected chi connectivity index (χ0v) is 12.9. The van der Waals surface area contributed by atoms with Crippen LogP contribution in [-0.4, -0.2) is 0 Å². The van der Waals surface area contributed by atoms with E-state index < -0.39 is 0 Å². The van der Waals surface area contributed by atoms with E-state index in [1.165, 1.54) is 32.7 Å². The van der Waals surface area contributed by atoms with Crippen molar-refractivity contribution in [2.24, 2.45) is 0 Å². The van der Waals surface area contributed by atoms with Crippen molar-refractivity contribution in [1.29, 1.82) is 0 Å². The van der Waals surface area contributed by atoms with Crippen molar-refractivity contribution in [3.63, 3.8) is 0 Å². The minimum Gasteiger partial charge on any atom is -0.0985 e. The predicted molar refractivity (Wildman–Crippen MR) is 93.0 cm³/mol. The molecule has 0 atom stereocenters. The van der Waals surface area contributed by atoms with Gasteiger partial charge >= 0.3 is 0 Å². The van der Waals surface area contributed by atoms with Crippen molar-refractivity contribution >= 4 is 43.0 Å². The Bertz CT molecular complexity index is 784. The molecule has 1 heteroatoms. The monoisotopic (exact) mass is 322 g/mol. The molecule has 0 aliphatic heterocycles. The number of halogens is 1.